The molecule has 1 aliphatic carbocycles. The van der Waals surface area contributed by atoms with Crippen LogP contribution in [-0.4, -0.2) is 5.78 Å². The number of Topliss-reactive ketones (excluding diaryl/α,β-unsaturated/α-hetero) is 1. The standard InChI is InChI=1S/C35H37NO/c1-11-23(4)35(9,10)24(5)22-25(6)36(30-20-18-29(19-21-30)28(12-2)13-3)27(8)33-26(7)31-16-14-15-17-32(31)34(33)37/h11-22H,1-2,4,6-7H2,3,5,8-10H3/b24-22+,28-13+,33-27-. The van der Waals surface area contributed by atoms with Crippen molar-refractivity contribution in [1.82, 2.24) is 0 Å². The molecule has 0 atom stereocenters. The van der Waals surface area contributed by atoms with Gasteiger partial charge in [0.05, 0.1) is 0 Å². The molecule has 0 fully saturated rings. The maximum atomic E-state index is 13.5. The van der Waals surface area contributed by atoms with Crippen molar-refractivity contribution < 1.29 is 4.79 Å². The number of fused-ring (bicyclic) bond motifs is 1. The summed E-state index contributed by atoms with van der Waals surface area (Å²) in [7, 11) is 0. The summed E-state index contributed by atoms with van der Waals surface area (Å²) in [6.45, 7) is 31.0. The van der Waals surface area contributed by atoms with Crippen LogP contribution in [0.15, 0.2) is 134 Å². The maximum Gasteiger partial charge on any atom is 0.196 e. The molecule has 0 heterocycles. The number of hydrogen-bond acceptors (Lipinski definition) is 2. The molecular formula is C35H37NO. The third kappa shape index (κ3) is 5.06. The van der Waals surface area contributed by atoms with E-state index in [9.17, 15) is 4.79 Å². The van der Waals surface area contributed by atoms with Gasteiger partial charge in [-0.25, -0.2) is 0 Å². The van der Waals surface area contributed by atoms with Crippen LogP contribution in [0.25, 0.3) is 11.1 Å². The Morgan fingerprint density at radius 2 is 1.51 bits per heavy atom. The molecule has 0 bridgehead atoms. The van der Waals surface area contributed by atoms with Crippen LogP contribution in [-0.2, 0) is 0 Å². The van der Waals surface area contributed by atoms with Gasteiger partial charge in [-0.1, -0.05) is 107 Å². The lowest BCUT2D eigenvalue weighted by molar-refractivity contribution is 0.104. The highest BCUT2D eigenvalue weighted by Gasteiger charge is 2.32. The van der Waals surface area contributed by atoms with E-state index in [0.29, 0.717) is 11.1 Å². The Labute approximate surface area is 222 Å². The van der Waals surface area contributed by atoms with E-state index in [2.05, 4.69) is 71.9 Å². The lowest BCUT2D eigenvalue weighted by Crippen LogP contribution is -2.23. The first-order chi connectivity index (χ1) is 17.5. The smallest absolute Gasteiger partial charge is 0.196 e. The Balaban J connectivity index is 2.19. The van der Waals surface area contributed by atoms with Crippen LogP contribution in [0, 0.1) is 5.41 Å². The number of allylic oxidation sites excluding steroid dienone is 10. The molecule has 2 aromatic carbocycles. The summed E-state index contributed by atoms with van der Waals surface area (Å²) < 4.78 is 0. The van der Waals surface area contributed by atoms with Crippen LogP contribution in [0.2, 0.25) is 0 Å². The van der Waals surface area contributed by atoms with Crippen molar-refractivity contribution in [2.75, 3.05) is 4.90 Å². The number of ketones is 1. The zero-order valence-electron chi connectivity index (χ0n) is 22.8. The summed E-state index contributed by atoms with van der Waals surface area (Å²) in [5, 5.41) is 0. The number of rotatable bonds is 9. The summed E-state index contributed by atoms with van der Waals surface area (Å²) in [6.07, 6.45) is 7.73. The first-order valence-corrected chi connectivity index (χ1v) is 12.4. The van der Waals surface area contributed by atoms with Crippen molar-refractivity contribution in [3.63, 3.8) is 0 Å². The molecule has 0 amide bonds. The predicted molar refractivity (Wildman–Crippen MR) is 161 cm³/mol. The maximum absolute atomic E-state index is 13.5. The van der Waals surface area contributed by atoms with Gasteiger partial charge < -0.3 is 4.90 Å². The van der Waals surface area contributed by atoms with Crippen molar-refractivity contribution in [3.8, 4) is 0 Å². The topological polar surface area (TPSA) is 20.3 Å². The van der Waals surface area contributed by atoms with Gasteiger partial charge in [0.2, 0.25) is 0 Å². The van der Waals surface area contributed by atoms with Gasteiger partial charge in [0.15, 0.2) is 5.78 Å². The van der Waals surface area contributed by atoms with E-state index >= 15 is 0 Å². The van der Waals surface area contributed by atoms with Gasteiger partial charge in [0.25, 0.3) is 0 Å². The Morgan fingerprint density at radius 1 is 0.919 bits per heavy atom. The third-order valence-corrected chi connectivity index (χ3v) is 7.42. The molecule has 37 heavy (non-hydrogen) atoms. The van der Waals surface area contributed by atoms with Gasteiger partial charge in [0, 0.05) is 33.6 Å². The largest absolute Gasteiger partial charge is 0.314 e. The minimum atomic E-state index is -0.297. The predicted octanol–water partition coefficient (Wildman–Crippen LogP) is 9.49. The second kappa shape index (κ2) is 10.8. The fourth-order valence-electron chi connectivity index (χ4n) is 4.63. The molecule has 0 unspecified atom stereocenters. The second-order valence-corrected chi connectivity index (χ2v) is 9.82. The fourth-order valence-corrected chi connectivity index (χ4v) is 4.63. The van der Waals surface area contributed by atoms with Gasteiger partial charge in [-0.2, -0.15) is 0 Å². The third-order valence-electron chi connectivity index (χ3n) is 7.42. The molecule has 0 saturated carbocycles. The molecule has 0 radical (unpaired) electrons. The van der Waals surface area contributed by atoms with E-state index in [1.807, 2.05) is 67.3 Å². The molecule has 2 aromatic rings. The Bertz CT molecular complexity index is 1370. The summed E-state index contributed by atoms with van der Waals surface area (Å²) in [4.78, 5) is 15.5. The summed E-state index contributed by atoms with van der Waals surface area (Å²) in [5.41, 5.74) is 9.17. The van der Waals surface area contributed by atoms with Gasteiger partial charge in [0.1, 0.15) is 0 Å². The number of carbonyl (C=O) groups excluding carboxylic acids is 1. The summed E-state index contributed by atoms with van der Waals surface area (Å²) in [5.74, 6) is -0.0172. The highest BCUT2D eigenvalue weighted by Crippen LogP contribution is 2.41. The number of hydrogen-bond donors (Lipinski definition) is 0. The van der Waals surface area contributed by atoms with Gasteiger partial charge in [-0.05, 0) is 66.8 Å². The average Bonchev–Trinajstić information content (AvgIpc) is 3.14. The number of carbonyl (C=O) groups is 1. The zero-order valence-corrected chi connectivity index (χ0v) is 22.8. The van der Waals surface area contributed by atoms with Crippen molar-refractivity contribution in [1.29, 1.82) is 0 Å². The molecule has 2 heteroatoms. The van der Waals surface area contributed by atoms with Crippen molar-refractivity contribution in [2.24, 2.45) is 5.41 Å². The van der Waals surface area contributed by atoms with Crippen LogP contribution < -0.4 is 4.90 Å². The van der Waals surface area contributed by atoms with Crippen molar-refractivity contribution in [3.05, 3.63) is 151 Å². The van der Waals surface area contributed by atoms with Crippen LogP contribution in [0.1, 0.15) is 56.1 Å². The first kappa shape index (κ1) is 27.4. The molecule has 3 rings (SSSR count). The molecule has 0 aliphatic heterocycles. The number of benzene rings is 2. The van der Waals surface area contributed by atoms with Gasteiger partial charge >= 0.3 is 0 Å². The molecule has 2 nitrogen and oxygen atoms in total. The van der Waals surface area contributed by atoms with E-state index in [4.69, 9.17) is 0 Å². The van der Waals surface area contributed by atoms with E-state index in [0.717, 1.165) is 50.5 Å². The monoisotopic (exact) mass is 487 g/mol. The first-order valence-electron chi connectivity index (χ1n) is 12.4. The zero-order chi connectivity index (χ0) is 27.5. The van der Waals surface area contributed by atoms with Crippen LogP contribution in [0.4, 0.5) is 5.69 Å². The number of anilines is 1. The average molecular weight is 488 g/mol. The Kier molecular flexibility index (Phi) is 8.03. The van der Waals surface area contributed by atoms with Gasteiger partial charge in [-0.3, -0.25) is 4.79 Å². The van der Waals surface area contributed by atoms with Crippen LogP contribution in [0.5, 0.6) is 0 Å². The molecule has 0 aromatic heterocycles. The second-order valence-electron chi connectivity index (χ2n) is 9.82. The molecule has 188 valence electrons. The minimum absolute atomic E-state index is 0.0172. The van der Waals surface area contributed by atoms with E-state index in [1.54, 1.807) is 6.08 Å². The Morgan fingerprint density at radius 3 is 2.03 bits per heavy atom. The van der Waals surface area contributed by atoms with Crippen molar-refractivity contribution >= 4 is 22.6 Å². The van der Waals surface area contributed by atoms with E-state index in [-0.39, 0.29) is 11.2 Å². The van der Waals surface area contributed by atoms with E-state index < -0.39 is 0 Å². The molecule has 0 spiro atoms. The van der Waals surface area contributed by atoms with E-state index in [1.165, 1.54) is 0 Å². The van der Waals surface area contributed by atoms with Crippen molar-refractivity contribution in [2.45, 2.75) is 34.6 Å². The molecule has 0 saturated heterocycles. The van der Waals surface area contributed by atoms with Crippen LogP contribution >= 0.6 is 0 Å². The number of nitrogens with zero attached hydrogens (tertiary/aromatic N) is 1. The fraction of sp³-hybridized carbons (Fsp3) is 0.171. The Hall–Kier alpha value is -4.17. The minimum Gasteiger partial charge on any atom is -0.314 e. The van der Waals surface area contributed by atoms with Crippen LogP contribution in [0.3, 0.4) is 0 Å². The quantitative estimate of drug-likeness (QED) is 0.259. The highest BCUT2D eigenvalue weighted by molar-refractivity contribution is 6.27. The highest BCUT2D eigenvalue weighted by atomic mass is 16.1. The normalized spacial score (nSPS) is 15.3. The molecular weight excluding hydrogens is 450 g/mol. The summed E-state index contributed by atoms with van der Waals surface area (Å²) >= 11 is 0. The lowest BCUT2D eigenvalue weighted by Gasteiger charge is -2.31. The molecule has 1 aliphatic rings. The summed E-state index contributed by atoms with van der Waals surface area (Å²) in [6, 6.07) is 15.8. The SMILES string of the molecule is C=CC(=C)C(C)(C)/C(C)=C/C(=C)N(/C(C)=C1/C(=C)c2ccccc2C1=O)c1ccc(/C(C=C)=C/C)cc1. The molecule has 0 N–H and O–H groups in total. The lowest BCUT2D eigenvalue weighted by atomic mass is 9.78. The van der Waals surface area contributed by atoms with Gasteiger partial charge in [-0.15, -0.1) is 0 Å².